The summed E-state index contributed by atoms with van der Waals surface area (Å²) < 4.78 is 32.1. The third-order valence-electron chi connectivity index (χ3n) is 3.10. The van der Waals surface area contributed by atoms with Gasteiger partial charge in [0.25, 0.3) is 10.0 Å². The Balaban J connectivity index is 2.53. The Morgan fingerprint density at radius 3 is 2.52 bits per heavy atom. The second kappa shape index (κ2) is 7.25. The van der Waals surface area contributed by atoms with Crippen LogP contribution in [0.3, 0.4) is 0 Å². The number of rotatable bonds is 6. The standard InChI is InChI=1S/C16H15Cl2NO3S/c1-3-9-19(13-6-4-5-12(17)10-13)23(20,21)14-7-8-16(22-2)15(18)11-14/h3-8,10-11H,1,9H2,2H3. The van der Waals surface area contributed by atoms with Crippen LogP contribution < -0.4 is 9.04 Å². The van der Waals surface area contributed by atoms with Gasteiger partial charge in [-0.3, -0.25) is 4.31 Å². The summed E-state index contributed by atoms with van der Waals surface area (Å²) in [5, 5.41) is 0.665. The lowest BCUT2D eigenvalue weighted by molar-refractivity contribution is 0.414. The number of benzene rings is 2. The molecule has 0 N–H and O–H groups in total. The van der Waals surface area contributed by atoms with Crippen molar-refractivity contribution in [1.29, 1.82) is 0 Å². The quantitative estimate of drug-likeness (QED) is 0.707. The highest BCUT2D eigenvalue weighted by Gasteiger charge is 2.25. The van der Waals surface area contributed by atoms with Crippen molar-refractivity contribution in [2.75, 3.05) is 18.0 Å². The summed E-state index contributed by atoms with van der Waals surface area (Å²) in [7, 11) is -2.35. The molecule has 0 aliphatic carbocycles. The number of anilines is 1. The molecular formula is C16H15Cl2NO3S. The molecule has 23 heavy (non-hydrogen) atoms. The maximum atomic E-state index is 12.9. The predicted molar refractivity (Wildman–Crippen MR) is 94.2 cm³/mol. The van der Waals surface area contributed by atoms with Crippen molar-refractivity contribution in [3.63, 3.8) is 0 Å². The molecule has 122 valence electrons. The predicted octanol–water partition coefficient (Wildman–Crippen LogP) is 4.38. The van der Waals surface area contributed by atoms with Gasteiger partial charge in [0.15, 0.2) is 0 Å². The Hall–Kier alpha value is -1.69. The second-order valence-electron chi connectivity index (χ2n) is 4.60. The lowest BCUT2D eigenvalue weighted by Gasteiger charge is -2.23. The molecule has 0 amide bonds. The van der Waals surface area contributed by atoms with Crippen LogP contribution in [-0.2, 0) is 10.0 Å². The van der Waals surface area contributed by atoms with Crippen molar-refractivity contribution in [3.05, 3.63) is 65.2 Å². The number of methoxy groups -OCH3 is 1. The van der Waals surface area contributed by atoms with Gasteiger partial charge >= 0.3 is 0 Å². The van der Waals surface area contributed by atoms with E-state index in [0.717, 1.165) is 0 Å². The minimum Gasteiger partial charge on any atom is -0.495 e. The summed E-state index contributed by atoms with van der Waals surface area (Å²) in [5.74, 6) is 0.406. The first kappa shape index (κ1) is 17.7. The fourth-order valence-corrected chi connectivity index (χ4v) is 3.99. The molecule has 7 heteroatoms. The van der Waals surface area contributed by atoms with E-state index in [1.807, 2.05) is 0 Å². The molecule has 0 spiro atoms. The average Bonchev–Trinajstić information content (AvgIpc) is 2.52. The topological polar surface area (TPSA) is 46.6 Å². The highest BCUT2D eigenvalue weighted by Crippen LogP contribution is 2.31. The molecule has 2 rings (SSSR count). The van der Waals surface area contributed by atoms with E-state index in [9.17, 15) is 8.42 Å². The number of nitrogens with zero attached hydrogens (tertiary/aromatic N) is 1. The zero-order valence-corrected chi connectivity index (χ0v) is 14.7. The van der Waals surface area contributed by atoms with Gasteiger partial charge < -0.3 is 4.74 Å². The van der Waals surface area contributed by atoms with E-state index in [4.69, 9.17) is 27.9 Å². The number of hydrogen-bond donors (Lipinski definition) is 0. The molecule has 0 aliphatic heterocycles. The molecule has 0 saturated heterocycles. The van der Waals surface area contributed by atoms with Gasteiger partial charge in [-0.25, -0.2) is 8.42 Å². The van der Waals surface area contributed by atoms with Gasteiger partial charge in [0.1, 0.15) is 5.75 Å². The first-order chi connectivity index (χ1) is 10.9. The van der Waals surface area contributed by atoms with Crippen LogP contribution in [0.2, 0.25) is 10.0 Å². The molecule has 0 radical (unpaired) electrons. The van der Waals surface area contributed by atoms with E-state index in [-0.39, 0.29) is 16.5 Å². The Morgan fingerprint density at radius 1 is 1.22 bits per heavy atom. The third-order valence-corrected chi connectivity index (χ3v) is 5.42. The van der Waals surface area contributed by atoms with Gasteiger partial charge in [-0.15, -0.1) is 6.58 Å². The summed E-state index contributed by atoms with van der Waals surface area (Å²) in [5.41, 5.74) is 0.448. The van der Waals surface area contributed by atoms with Crippen LogP contribution >= 0.6 is 23.2 Å². The molecule has 0 saturated carbocycles. The highest BCUT2D eigenvalue weighted by molar-refractivity contribution is 7.92. The van der Waals surface area contributed by atoms with Gasteiger partial charge in [0, 0.05) is 5.02 Å². The Morgan fingerprint density at radius 2 is 1.96 bits per heavy atom. The first-order valence-corrected chi connectivity index (χ1v) is 8.82. The lowest BCUT2D eigenvalue weighted by atomic mass is 10.3. The van der Waals surface area contributed by atoms with Crippen LogP contribution in [0, 0.1) is 0 Å². The van der Waals surface area contributed by atoms with Gasteiger partial charge in [-0.05, 0) is 36.4 Å². The Labute approximate surface area is 145 Å². The maximum Gasteiger partial charge on any atom is 0.264 e. The zero-order chi connectivity index (χ0) is 17.0. The van der Waals surface area contributed by atoms with Gasteiger partial charge in [-0.2, -0.15) is 0 Å². The molecule has 0 atom stereocenters. The van der Waals surface area contributed by atoms with Gasteiger partial charge in [-0.1, -0.05) is 35.3 Å². The summed E-state index contributed by atoms with van der Waals surface area (Å²) >= 11 is 12.0. The van der Waals surface area contributed by atoms with Crippen molar-refractivity contribution in [3.8, 4) is 5.75 Å². The van der Waals surface area contributed by atoms with Crippen LogP contribution in [0.4, 0.5) is 5.69 Å². The summed E-state index contributed by atoms with van der Waals surface area (Å²) in [6, 6.07) is 10.9. The van der Waals surface area contributed by atoms with E-state index in [1.165, 1.54) is 35.7 Å². The molecule has 2 aromatic carbocycles. The van der Waals surface area contributed by atoms with Crippen molar-refractivity contribution in [1.82, 2.24) is 0 Å². The summed E-state index contributed by atoms with van der Waals surface area (Å²) in [6.45, 7) is 3.72. The number of hydrogen-bond acceptors (Lipinski definition) is 3. The van der Waals surface area contributed by atoms with Crippen molar-refractivity contribution >= 4 is 38.9 Å². The molecule has 0 aliphatic rings. The molecule has 0 fully saturated rings. The molecule has 0 unspecified atom stereocenters. The van der Waals surface area contributed by atoms with Crippen molar-refractivity contribution < 1.29 is 13.2 Å². The monoisotopic (exact) mass is 371 g/mol. The van der Waals surface area contributed by atoms with Crippen LogP contribution in [0.25, 0.3) is 0 Å². The minimum atomic E-state index is -3.82. The fraction of sp³-hybridized carbons (Fsp3) is 0.125. The summed E-state index contributed by atoms with van der Waals surface area (Å²) in [4.78, 5) is 0.0603. The van der Waals surface area contributed by atoms with E-state index < -0.39 is 10.0 Å². The van der Waals surface area contributed by atoms with Crippen molar-refractivity contribution in [2.24, 2.45) is 0 Å². The highest BCUT2D eigenvalue weighted by atomic mass is 35.5. The fourth-order valence-electron chi connectivity index (χ4n) is 2.03. The maximum absolute atomic E-state index is 12.9. The lowest BCUT2D eigenvalue weighted by Crippen LogP contribution is -2.31. The van der Waals surface area contributed by atoms with E-state index >= 15 is 0 Å². The Kier molecular flexibility index (Phi) is 5.57. The smallest absolute Gasteiger partial charge is 0.264 e. The van der Waals surface area contributed by atoms with Gasteiger partial charge in [0.05, 0.1) is 29.3 Å². The van der Waals surface area contributed by atoms with Crippen LogP contribution in [-0.4, -0.2) is 22.1 Å². The largest absolute Gasteiger partial charge is 0.495 e. The first-order valence-electron chi connectivity index (χ1n) is 6.63. The second-order valence-corrected chi connectivity index (χ2v) is 7.31. The third kappa shape index (κ3) is 3.80. The molecule has 0 bridgehead atoms. The van der Waals surface area contributed by atoms with Crippen molar-refractivity contribution in [2.45, 2.75) is 4.90 Å². The number of sulfonamides is 1. The minimum absolute atomic E-state index is 0.0603. The average molecular weight is 372 g/mol. The molecule has 2 aromatic rings. The molecular weight excluding hydrogens is 357 g/mol. The normalized spacial score (nSPS) is 11.1. The summed E-state index contributed by atoms with van der Waals surface area (Å²) in [6.07, 6.45) is 1.50. The van der Waals surface area contributed by atoms with E-state index in [2.05, 4.69) is 6.58 Å². The number of halogens is 2. The Bertz CT molecular complexity index is 822. The molecule has 4 nitrogen and oxygen atoms in total. The zero-order valence-electron chi connectivity index (χ0n) is 12.4. The SMILES string of the molecule is C=CCN(c1cccc(Cl)c1)S(=O)(=O)c1ccc(OC)c(Cl)c1. The number of ether oxygens (including phenoxy) is 1. The molecule has 0 aromatic heterocycles. The van der Waals surface area contributed by atoms with Crippen LogP contribution in [0.15, 0.2) is 60.0 Å². The van der Waals surface area contributed by atoms with Crippen LogP contribution in [0.1, 0.15) is 0 Å². The molecule has 0 heterocycles. The van der Waals surface area contributed by atoms with Crippen LogP contribution in [0.5, 0.6) is 5.75 Å². The van der Waals surface area contributed by atoms with Gasteiger partial charge in [0.2, 0.25) is 0 Å². The van der Waals surface area contributed by atoms with E-state index in [0.29, 0.717) is 16.5 Å². The van der Waals surface area contributed by atoms with E-state index in [1.54, 1.807) is 24.3 Å².